The average Bonchev–Trinajstić information content (AvgIpc) is 3.06. The number of carbonyl (C=O) groups excluding carboxylic acids is 2. The van der Waals surface area contributed by atoms with Gasteiger partial charge in [-0.15, -0.1) is 5.10 Å². The minimum absolute atomic E-state index is 0.376. The summed E-state index contributed by atoms with van der Waals surface area (Å²) in [5.41, 5.74) is 5.97. The van der Waals surface area contributed by atoms with Crippen LogP contribution in [0.1, 0.15) is 50.8 Å². The lowest BCUT2D eigenvalue weighted by Crippen LogP contribution is -2.39. The third kappa shape index (κ3) is 4.43. The highest BCUT2D eigenvalue weighted by molar-refractivity contribution is 8.00. The number of imide groups is 1. The van der Waals surface area contributed by atoms with Crippen molar-refractivity contribution >= 4 is 23.7 Å². The Morgan fingerprint density at radius 1 is 1.23 bits per heavy atom. The Morgan fingerprint density at radius 3 is 2.58 bits per heavy atom. The zero-order chi connectivity index (χ0) is 18.5. The standard InChI is InChI=1S/C18H23N5O2S/c1-12(16(24)21-17(19)25)26-18-20-15(13-8-4-2-5-9-13)23(22-18)14-10-6-3-7-11-14/h3,6-7,10-13H,2,4-5,8-9H2,1H3,(H3,19,21,24,25)/t12-/m1/s1. The van der Waals surface area contributed by atoms with E-state index in [2.05, 4.69) is 10.4 Å². The van der Waals surface area contributed by atoms with E-state index in [4.69, 9.17) is 10.7 Å². The van der Waals surface area contributed by atoms with E-state index >= 15 is 0 Å². The van der Waals surface area contributed by atoms with Crippen molar-refractivity contribution in [2.24, 2.45) is 5.73 Å². The van der Waals surface area contributed by atoms with Crippen molar-refractivity contribution < 1.29 is 9.59 Å². The highest BCUT2D eigenvalue weighted by Gasteiger charge is 2.25. The quantitative estimate of drug-likeness (QED) is 0.784. The average molecular weight is 373 g/mol. The van der Waals surface area contributed by atoms with Gasteiger partial charge in [-0.3, -0.25) is 10.1 Å². The third-order valence-corrected chi connectivity index (χ3v) is 5.43. The molecule has 8 heteroatoms. The molecule has 2 aromatic rings. The zero-order valence-corrected chi connectivity index (χ0v) is 15.5. The maximum absolute atomic E-state index is 11.9. The number of hydrogen-bond acceptors (Lipinski definition) is 5. The Hall–Kier alpha value is -2.35. The molecule has 138 valence electrons. The number of benzene rings is 1. The second-order valence-corrected chi connectivity index (χ2v) is 7.76. The molecular formula is C18H23N5O2S. The molecule has 3 rings (SSSR count). The number of nitrogens with zero attached hydrogens (tertiary/aromatic N) is 3. The summed E-state index contributed by atoms with van der Waals surface area (Å²) in [6.07, 6.45) is 5.88. The number of urea groups is 1. The lowest BCUT2D eigenvalue weighted by molar-refractivity contribution is -0.119. The number of amides is 3. The molecule has 0 spiro atoms. The highest BCUT2D eigenvalue weighted by Crippen LogP contribution is 2.34. The normalized spacial score (nSPS) is 16.2. The minimum Gasteiger partial charge on any atom is -0.351 e. The van der Waals surface area contributed by atoms with E-state index in [0.717, 1.165) is 24.4 Å². The van der Waals surface area contributed by atoms with E-state index in [1.165, 1.54) is 31.0 Å². The van der Waals surface area contributed by atoms with E-state index in [1.54, 1.807) is 6.92 Å². The third-order valence-electron chi connectivity index (χ3n) is 4.48. The fraction of sp³-hybridized carbons (Fsp3) is 0.444. The summed E-state index contributed by atoms with van der Waals surface area (Å²) >= 11 is 1.22. The van der Waals surface area contributed by atoms with Crippen LogP contribution < -0.4 is 11.1 Å². The van der Waals surface area contributed by atoms with Gasteiger partial charge in [0.1, 0.15) is 5.82 Å². The van der Waals surface area contributed by atoms with Crippen LogP contribution in [0.4, 0.5) is 4.79 Å². The van der Waals surface area contributed by atoms with Crippen LogP contribution in [0.3, 0.4) is 0 Å². The van der Waals surface area contributed by atoms with E-state index < -0.39 is 17.2 Å². The van der Waals surface area contributed by atoms with Crippen LogP contribution in [-0.4, -0.2) is 32.0 Å². The van der Waals surface area contributed by atoms with Gasteiger partial charge >= 0.3 is 6.03 Å². The lowest BCUT2D eigenvalue weighted by atomic mass is 9.88. The van der Waals surface area contributed by atoms with E-state index in [9.17, 15) is 9.59 Å². The van der Waals surface area contributed by atoms with Crippen LogP contribution in [0.2, 0.25) is 0 Å². The van der Waals surface area contributed by atoms with Crippen LogP contribution in [-0.2, 0) is 4.79 Å². The zero-order valence-electron chi connectivity index (χ0n) is 14.7. The molecule has 3 N–H and O–H groups in total. The molecule has 0 bridgehead atoms. The largest absolute Gasteiger partial charge is 0.351 e. The second kappa shape index (κ2) is 8.35. The van der Waals surface area contributed by atoms with Gasteiger partial charge in [0.2, 0.25) is 11.1 Å². The molecular weight excluding hydrogens is 350 g/mol. The Balaban J connectivity index is 1.86. The summed E-state index contributed by atoms with van der Waals surface area (Å²) in [4.78, 5) is 27.5. The molecule has 1 aromatic heterocycles. The summed E-state index contributed by atoms with van der Waals surface area (Å²) < 4.78 is 1.89. The van der Waals surface area contributed by atoms with Gasteiger partial charge < -0.3 is 5.73 Å². The van der Waals surface area contributed by atoms with Crippen molar-refractivity contribution in [3.63, 3.8) is 0 Å². The number of carbonyl (C=O) groups is 2. The van der Waals surface area contributed by atoms with Crippen LogP contribution in [0.15, 0.2) is 35.5 Å². The number of nitrogens with one attached hydrogen (secondary N) is 1. The Morgan fingerprint density at radius 2 is 1.92 bits per heavy atom. The molecule has 1 heterocycles. The number of nitrogens with two attached hydrogens (primary N) is 1. The van der Waals surface area contributed by atoms with Crippen LogP contribution in [0.25, 0.3) is 5.69 Å². The first kappa shape index (κ1) is 18.4. The van der Waals surface area contributed by atoms with Crippen molar-refractivity contribution in [1.29, 1.82) is 0 Å². The predicted octanol–water partition coefficient (Wildman–Crippen LogP) is 2.99. The van der Waals surface area contributed by atoms with E-state index in [0.29, 0.717) is 11.1 Å². The molecule has 0 saturated heterocycles. The summed E-state index contributed by atoms with van der Waals surface area (Å²) in [5.74, 6) is 0.874. The molecule has 1 aromatic carbocycles. The van der Waals surface area contributed by atoms with Crippen molar-refractivity contribution in [1.82, 2.24) is 20.1 Å². The maximum atomic E-state index is 11.9. The molecule has 1 fully saturated rings. The first-order valence-electron chi connectivity index (χ1n) is 8.84. The van der Waals surface area contributed by atoms with E-state index in [1.807, 2.05) is 35.0 Å². The van der Waals surface area contributed by atoms with Gasteiger partial charge in [0, 0.05) is 5.92 Å². The number of aromatic nitrogens is 3. The van der Waals surface area contributed by atoms with Crippen LogP contribution in [0.5, 0.6) is 0 Å². The van der Waals surface area contributed by atoms with Crippen molar-refractivity contribution in [3.05, 3.63) is 36.2 Å². The molecule has 26 heavy (non-hydrogen) atoms. The number of thioether (sulfide) groups is 1. The fourth-order valence-corrected chi connectivity index (χ4v) is 3.93. The molecule has 1 atom stereocenters. The first-order chi connectivity index (χ1) is 12.5. The van der Waals surface area contributed by atoms with Crippen LogP contribution >= 0.6 is 11.8 Å². The summed E-state index contributed by atoms with van der Waals surface area (Å²) in [6, 6.07) is 9.05. The fourth-order valence-electron chi connectivity index (χ4n) is 3.17. The summed E-state index contributed by atoms with van der Waals surface area (Å²) in [5, 5.41) is 6.73. The second-order valence-electron chi connectivity index (χ2n) is 6.45. The smallest absolute Gasteiger partial charge is 0.318 e. The van der Waals surface area contributed by atoms with Gasteiger partial charge in [-0.25, -0.2) is 14.5 Å². The topological polar surface area (TPSA) is 103 Å². The SMILES string of the molecule is C[C@@H](Sc1nc(C2CCCCC2)n(-c2ccccc2)n1)C(=O)NC(N)=O. The Labute approximate surface area is 156 Å². The Bertz CT molecular complexity index is 771. The molecule has 1 saturated carbocycles. The minimum atomic E-state index is -0.854. The molecule has 0 radical (unpaired) electrons. The molecule has 7 nitrogen and oxygen atoms in total. The Kier molecular flexibility index (Phi) is 5.92. The molecule has 1 aliphatic rings. The molecule has 0 aliphatic heterocycles. The maximum Gasteiger partial charge on any atom is 0.318 e. The van der Waals surface area contributed by atoms with Crippen LogP contribution in [0, 0.1) is 0 Å². The number of para-hydroxylation sites is 1. The number of primary amides is 1. The van der Waals surface area contributed by atoms with Gasteiger partial charge in [-0.1, -0.05) is 49.2 Å². The van der Waals surface area contributed by atoms with Gasteiger partial charge in [-0.05, 0) is 31.9 Å². The lowest BCUT2D eigenvalue weighted by Gasteiger charge is -2.21. The van der Waals surface area contributed by atoms with Crippen molar-refractivity contribution in [3.8, 4) is 5.69 Å². The molecule has 3 amide bonds. The van der Waals surface area contributed by atoms with Gasteiger partial charge in [0.05, 0.1) is 10.9 Å². The van der Waals surface area contributed by atoms with Gasteiger partial charge in [0.15, 0.2) is 0 Å². The van der Waals surface area contributed by atoms with Crippen molar-refractivity contribution in [2.75, 3.05) is 0 Å². The van der Waals surface area contributed by atoms with E-state index in [-0.39, 0.29) is 0 Å². The number of hydrogen-bond donors (Lipinski definition) is 2. The summed E-state index contributed by atoms with van der Waals surface area (Å²) in [7, 11) is 0. The van der Waals surface area contributed by atoms with Gasteiger partial charge in [0.25, 0.3) is 0 Å². The number of rotatable bonds is 5. The molecule has 0 unspecified atom stereocenters. The summed E-state index contributed by atoms with van der Waals surface area (Å²) in [6.45, 7) is 1.70. The monoisotopic (exact) mass is 373 g/mol. The molecule has 1 aliphatic carbocycles. The first-order valence-corrected chi connectivity index (χ1v) is 9.72. The van der Waals surface area contributed by atoms with Crippen molar-refractivity contribution in [2.45, 2.75) is 55.4 Å². The highest BCUT2D eigenvalue weighted by atomic mass is 32.2. The van der Waals surface area contributed by atoms with Gasteiger partial charge in [-0.2, -0.15) is 0 Å². The predicted molar refractivity (Wildman–Crippen MR) is 100 cm³/mol.